The Hall–Kier alpha value is -2.15. The fraction of sp³-hybridized carbons (Fsp3) is 0.438. The van der Waals surface area contributed by atoms with E-state index in [0.29, 0.717) is 24.9 Å². The summed E-state index contributed by atoms with van der Waals surface area (Å²) in [5.41, 5.74) is 0.925. The molecule has 1 fully saturated rings. The number of rotatable bonds is 6. The summed E-state index contributed by atoms with van der Waals surface area (Å²) in [6.45, 7) is 3.17. The Kier molecular flexibility index (Phi) is 4.76. The van der Waals surface area contributed by atoms with E-state index in [1.165, 1.54) is 11.3 Å². The first-order valence-electron chi connectivity index (χ1n) is 7.61. The maximum atomic E-state index is 11.9. The molecule has 6 nitrogen and oxygen atoms in total. The number of nitrogens with zero attached hydrogens (tertiary/aromatic N) is 2. The summed E-state index contributed by atoms with van der Waals surface area (Å²) < 4.78 is 11.7. The zero-order valence-corrected chi connectivity index (χ0v) is 13.7. The number of aromatic nitrogens is 1. The van der Waals surface area contributed by atoms with Crippen molar-refractivity contribution in [2.75, 3.05) is 19.7 Å². The fourth-order valence-electron chi connectivity index (χ4n) is 2.36. The summed E-state index contributed by atoms with van der Waals surface area (Å²) in [5, 5.41) is 0.634. The number of ether oxygens (including phenoxy) is 2. The minimum absolute atomic E-state index is 0.0258. The first kappa shape index (κ1) is 15.7. The average Bonchev–Trinajstić information content (AvgIpc) is 2.91. The lowest BCUT2D eigenvalue weighted by atomic mass is 10.1. The molecule has 0 aliphatic carbocycles. The number of carbonyl (C=O) groups is 2. The summed E-state index contributed by atoms with van der Waals surface area (Å²) in [6, 6.07) is 7.87. The smallest absolute Gasteiger partial charge is 0.306 e. The largest absolute Gasteiger partial charge is 0.466 e. The molecule has 0 saturated carbocycles. The molecule has 23 heavy (non-hydrogen) atoms. The highest BCUT2D eigenvalue weighted by atomic mass is 32.1. The second-order valence-corrected chi connectivity index (χ2v) is 6.28. The predicted octanol–water partition coefficient (Wildman–Crippen LogP) is 2.23. The number of hydrogen-bond acceptors (Lipinski definition) is 6. The molecule has 1 aliphatic heterocycles. The van der Waals surface area contributed by atoms with Crippen LogP contribution in [0.2, 0.25) is 0 Å². The van der Waals surface area contributed by atoms with E-state index in [1.54, 1.807) is 11.8 Å². The van der Waals surface area contributed by atoms with Gasteiger partial charge in [-0.2, -0.15) is 0 Å². The van der Waals surface area contributed by atoms with E-state index in [0.717, 1.165) is 10.2 Å². The molecule has 0 N–H and O–H groups in total. The van der Waals surface area contributed by atoms with Gasteiger partial charge in [-0.15, -0.1) is 0 Å². The molecule has 1 amide bonds. The van der Waals surface area contributed by atoms with Crippen LogP contribution in [0.5, 0.6) is 5.19 Å². The molecule has 0 unspecified atom stereocenters. The predicted molar refractivity (Wildman–Crippen MR) is 86.5 cm³/mol. The number of esters is 1. The molecular weight excluding hydrogens is 316 g/mol. The summed E-state index contributed by atoms with van der Waals surface area (Å²) in [5.74, 6) is -0.370. The van der Waals surface area contributed by atoms with Crippen LogP contribution in [0.1, 0.15) is 19.8 Å². The van der Waals surface area contributed by atoms with Gasteiger partial charge in [0.05, 0.1) is 36.3 Å². The molecule has 1 saturated heterocycles. The average molecular weight is 334 g/mol. The van der Waals surface area contributed by atoms with Crippen molar-refractivity contribution in [3.8, 4) is 5.19 Å². The SMILES string of the molecule is CCOC(=O)CCC(=O)N1CC(Oc2nc3ccccc3s2)C1. The van der Waals surface area contributed by atoms with E-state index >= 15 is 0 Å². The third-order valence-electron chi connectivity index (χ3n) is 3.59. The Morgan fingerprint density at radius 3 is 2.83 bits per heavy atom. The summed E-state index contributed by atoms with van der Waals surface area (Å²) >= 11 is 1.51. The standard InChI is InChI=1S/C16H18N2O4S/c1-2-21-15(20)8-7-14(19)18-9-11(10-18)22-16-17-12-5-3-4-6-13(12)23-16/h3-6,11H,2,7-10H2,1H3. The number of benzene rings is 1. The summed E-state index contributed by atoms with van der Waals surface area (Å²) in [4.78, 5) is 29.3. The van der Waals surface area contributed by atoms with Crippen molar-refractivity contribution in [2.45, 2.75) is 25.9 Å². The molecule has 1 aromatic carbocycles. The normalized spacial score (nSPS) is 14.6. The third-order valence-corrected chi connectivity index (χ3v) is 4.52. The van der Waals surface area contributed by atoms with Gasteiger partial charge in [0.2, 0.25) is 5.91 Å². The highest BCUT2D eigenvalue weighted by Gasteiger charge is 2.32. The van der Waals surface area contributed by atoms with Crippen LogP contribution in [-0.2, 0) is 14.3 Å². The van der Waals surface area contributed by atoms with Gasteiger partial charge in [0.1, 0.15) is 6.10 Å². The van der Waals surface area contributed by atoms with E-state index in [9.17, 15) is 9.59 Å². The van der Waals surface area contributed by atoms with Gasteiger partial charge in [0, 0.05) is 6.42 Å². The highest BCUT2D eigenvalue weighted by Crippen LogP contribution is 2.29. The Morgan fingerprint density at radius 2 is 2.09 bits per heavy atom. The summed E-state index contributed by atoms with van der Waals surface area (Å²) in [7, 11) is 0. The van der Waals surface area contributed by atoms with Crippen molar-refractivity contribution in [2.24, 2.45) is 0 Å². The van der Waals surface area contributed by atoms with Crippen LogP contribution >= 0.6 is 11.3 Å². The minimum atomic E-state index is -0.330. The lowest BCUT2D eigenvalue weighted by molar-refractivity contribution is -0.148. The van der Waals surface area contributed by atoms with Crippen LogP contribution in [-0.4, -0.2) is 47.6 Å². The Labute approximate surface area is 138 Å². The van der Waals surface area contributed by atoms with E-state index < -0.39 is 0 Å². The number of thiazole rings is 1. The second kappa shape index (κ2) is 6.95. The quantitative estimate of drug-likeness (QED) is 0.758. The highest BCUT2D eigenvalue weighted by molar-refractivity contribution is 7.20. The molecule has 1 aliphatic rings. The molecule has 2 aromatic rings. The van der Waals surface area contributed by atoms with E-state index in [2.05, 4.69) is 4.98 Å². The van der Waals surface area contributed by atoms with Gasteiger partial charge in [0.25, 0.3) is 5.19 Å². The van der Waals surface area contributed by atoms with E-state index in [-0.39, 0.29) is 30.8 Å². The van der Waals surface area contributed by atoms with Gasteiger partial charge in [-0.1, -0.05) is 23.5 Å². The molecule has 3 rings (SSSR count). The van der Waals surface area contributed by atoms with Crippen LogP contribution in [0.15, 0.2) is 24.3 Å². The van der Waals surface area contributed by atoms with Crippen LogP contribution in [0.25, 0.3) is 10.2 Å². The molecule has 122 valence electrons. The molecule has 0 radical (unpaired) electrons. The second-order valence-electron chi connectivity index (χ2n) is 5.29. The van der Waals surface area contributed by atoms with Gasteiger partial charge in [-0.05, 0) is 19.1 Å². The van der Waals surface area contributed by atoms with Crippen LogP contribution in [0, 0.1) is 0 Å². The summed E-state index contributed by atoms with van der Waals surface area (Å²) in [6.07, 6.45) is 0.293. The van der Waals surface area contributed by atoms with Gasteiger partial charge in [0.15, 0.2) is 0 Å². The van der Waals surface area contributed by atoms with Crippen LogP contribution in [0.4, 0.5) is 0 Å². The van der Waals surface area contributed by atoms with Crippen molar-refractivity contribution in [1.29, 1.82) is 0 Å². The maximum absolute atomic E-state index is 11.9. The van der Waals surface area contributed by atoms with Gasteiger partial charge in [-0.3, -0.25) is 9.59 Å². The molecular formula is C16H18N2O4S. The first-order valence-corrected chi connectivity index (χ1v) is 8.43. The number of amides is 1. The lowest BCUT2D eigenvalue weighted by Gasteiger charge is -2.38. The number of likely N-dealkylation sites (tertiary alicyclic amines) is 1. The molecule has 7 heteroatoms. The molecule has 0 spiro atoms. The number of para-hydroxylation sites is 1. The number of carbonyl (C=O) groups excluding carboxylic acids is 2. The van der Waals surface area contributed by atoms with Crippen molar-refractivity contribution in [3.63, 3.8) is 0 Å². The fourth-order valence-corrected chi connectivity index (χ4v) is 3.24. The third kappa shape index (κ3) is 3.79. The molecule has 2 heterocycles. The Morgan fingerprint density at radius 1 is 1.30 bits per heavy atom. The van der Waals surface area contributed by atoms with Crippen molar-refractivity contribution < 1.29 is 19.1 Å². The first-order chi connectivity index (χ1) is 11.2. The Bertz CT molecular complexity index is 676. The van der Waals surface area contributed by atoms with Crippen molar-refractivity contribution >= 4 is 33.4 Å². The number of hydrogen-bond donors (Lipinski definition) is 0. The Balaban J connectivity index is 1.43. The zero-order chi connectivity index (χ0) is 16.2. The van der Waals surface area contributed by atoms with Gasteiger partial charge >= 0.3 is 5.97 Å². The van der Waals surface area contributed by atoms with Gasteiger partial charge < -0.3 is 14.4 Å². The van der Waals surface area contributed by atoms with E-state index in [4.69, 9.17) is 9.47 Å². The zero-order valence-electron chi connectivity index (χ0n) is 12.9. The van der Waals surface area contributed by atoms with Gasteiger partial charge in [-0.25, -0.2) is 4.98 Å². The maximum Gasteiger partial charge on any atom is 0.306 e. The molecule has 1 aromatic heterocycles. The lowest BCUT2D eigenvalue weighted by Crippen LogP contribution is -2.56. The molecule has 0 bridgehead atoms. The van der Waals surface area contributed by atoms with Crippen molar-refractivity contribution in [1.82, 2.24) is 9.88 Å². The van der Waals surface area contributed by atoms with Crippen molar-refractivity contribution in [3.05, 3.63) is 24.3 Å². The topological polar surface area (TPSA) is 68.7 Å². The minimum Gasteiger partial charge on any atom is -0.466 e. The van der Waals surface area contributed by atoms with Crippen LogP contribution < -0.4 is 4.74 Å². The number of fused-ring (bicyclic) bond motifs is 1. The monoisotopic (exact) mass is 334 g/mol. The molecule has 0 atom stereocenters. The van der Waals surface area contributed by atoms with E-state index in [1.807, 2.05) is 24.3 Å². The van der Waals surface area contributed by atoms with Crippen LogP contribution in [0.3, 0.4) is 0 Å².